The molecule has 1 N–H and O–H groups in total. The van der Waals surface area contributed by atoms with Crippen LogP contribution in [-0.2, 0) is 4.79 Å². The maximum absolute atomic E-state index is 13.6. The van der Waals surface area contributed by atoms with Crippen molar-refractivity contribution < 1.29 is 22.7 Å². The van der Waals surface area contributed by atoms with Crippen LogP contribution in [0.1, 0.15) is 6.92 Å². The maximum Gasteiger partial charge on any atom is 0.277 e. The van der Waals surface area contributed by atoms with Crippen LogP contribution >= 0.6 is 11.8 Å². The van der Waals surface area contributed by atoms with Crippen molar-refractivity contribution in [3.05, 3.63) is 54.1 Å². The molecule has 0 aliphatic carbocycles. The summed E-state index contributed by atoms with van der Waals surface area (Å²) >= 11 is 1.02. The van der Waals surface area contributed by atoms with Gasteiger partial charge in [-0.25, -0.2) is 8.78 Å². The van der Waals surface area contributed by atoms with Crippen LogP contribution in [0.15, 0.2) is 52.1 Å². The molecular formula is C18H15F2N3O3S. The number of aromatic nitrogens is 2. The first-order valence-corrected chi connectivity index (χ1v) is 8.75. The van der Waals surface area contributed by atoms with Crippen LogP contribution in [0.2, 0.25) is 0 Å². The molecule has 1 unspecified atom stereocenters. The average Bonchev–Trinajstić information content (AvgIpc) is 3.12. The Morgan fingerprint density at radius 1 is 1.22 bits per heavy atom. The first-order chi connectivity index (χ1) is 13.0. The van der Waals surface area contributed by atoms with E-state index in [1.54, 1.807) is 19.1 Å². The van der Waals surface area contributed by atoms with Gasteiger partial charge in [-0.2, -0.15) is 0 Å². The Morgan fingerprint density at radius 2 is 2.00 bits per heavy atom. The lowest BCUT2D eigenvalue weighted by atomic mass is 10.2. The molecule has 1 heterocycles. The highest BCUT2D eigenvalue weighted by molar-refractivity contribution is 8.00. The molecule has 0 saturated carbocycles. The molecule has 9 heteroatoms. The largest absolute Gasteiger partial charge is 0.496 e. The monoisotopic (exact) mass is 391 g/mol. The van der Waals surface area contributed by atoms with Gasteiger partial charge in [0.2, 0.25) is 5.91 Å². The number of hydrogen-bond donors (Lipinski definition) is 1. The summed E-state index contributed by atoms with van der Waals surface area (Å²) in [5.41, 5.74) is 0.527. The number of nitrogens with one attached hydrogen (secondary N) is 1. The molecule has 0 saturated heterocycles. The van der Waals surface area contributed by atoms with Crippen molar-refractivity contribution in [1.29, 1.82) is 0 Å². The number of thioether (sulfide) groups is 1. The molecule has 27 heavy (non-hydrogen) atoms. The summed E-state index contributed by atoms with van der Waals surface area (Å²) in [6.07, 6.45) is 0. The number of halogens is 2. The number of amides is 1. The molecule has 0 aliphatic heterocycles. The Kier molecular flexibility index (Phi) is 5.70. The Labute approximate surface area is 157 Å². The molecule has 1 amide bonds. The third-order valence-corrected chi connectivity index (χ3v) is 4.51. The van der Waals surface area contributed by atoms with E-state index in [4.69, 9.17) is 9.15 Å². The van der Waals surface area contributed by atoms with Crippen molar-refractivity contribution in [1.82, 2.24) is 10.2 Å². The Hall–Kier alpha value is -2.94. The molecule has 2 aromatic carbocycles. The highest BCUT2D eigenvalue weighted by Crippen LogP contribution is 2.31. The van der Waals surface area contributed by atoms with Crippen LogP contribution in [0.5, 0.6) is 5.75 Å². The van der Waals surface area contributed by atoms with Crippen molar-refractivity contribution >= 4 is 23.4 Å². The number of rotatable bonds is 6. The zero-order valence-corrected chi connectivity index (χ0v) is 15.2. The number of para-hydroxylation sites is 1. The summed E-state index contributed by atoms with van der Waals surface area (Å²) in [6.45, 7) is 1.61. The Balaban J connectivity index is 1.68. The van der Waals surface area contributed by atoms with Crippen LogP contribution in [0, 0.1) is 11.6 Å². The second-order valence-electron chi connectivity index (χ2n) is 5.45. The minimum absolute atomic E-state index is 0.103. The van der Waals surface area contributed by atoms with Gasteiger partial charge in [-0.15, -0.1) is 10.2 Å². The van der Waals surface area contributed by atoms with Gasteiger partial charge >= 0.3 is 0 Å². The smallest absolute Gasteiger partial charge is 0.277 e. The van der Waals surface area contributed by atoms with Crippen LogP contribution in [0.4, 0.5) is 14.5 Å². The van der Waals surface area contributed by atoms with Gasteiger partial charge < -0.3 is 14.5 Å². The van der Waals surface area contributed by atoms with E-state index in [1.807, 2.05) is 12.1 Å². The molecular weight excluding hydrogens is 376 g/mol. The predicted octanol–water partition coefficient (Wildman–Crippen LogP) is 4.14. The molecule has 140 valence electrons. The van der Waals surface area contributed by atoms with Gasteiger partial charge in [-0.3, -0.25) is 4.79 Å². The topological polar surface area (TPSA) is 77.2 Å². The zero-order chi connectivity index (χ0) is 19.4. The van der Waals surface area contributed by atoms with Crippen LogP contribution in [0.3, 0.4) is 0 Å². The Morgan fingerprint density at radius 3 is 2.74 bits per heavy atom. The first-order valence-electron chi connectivity index (χ1n) is 7.87. The van der Waals surface area contributed by atoms with Gasteiger partial charge in [-0.05, 0) is 31.2 Å². The van der Waals surface area contributed by atoms with Crippen molar-refractivity contribution in [2.45, 2.75) is 17.4 Å². The zero-order valence-electron chi connectivity index (χ0n) is 14.4. The lowest BCUT2D eigenvalue weighted by molar-refractivity contribution is -0.115. The lowest BCUT2D eigenvalue weighted by Gasteiger charge is -2.10. The summed E-state index contributed by atoms with van der Waals surface area (Å²) in [5, 5.41) is 9.81. The molecule has 0 radical (unpaired) electrons. The van der Waals surface area contributed by atoms with Crippen LogP contribution in [0.25, 0.3) is 11.5 Å². The molecule has 3 aromatic rings. The summed E-state index contributed by atoms with van der Waals surface area (Å²) in [4.78, 5) is 12.2. The van der Waals surface area contributed by atoms with Gasteiger partial charge in [0.1, 0.15) is 17.4 Å². The summed E-state index contributed by atoms with van der Waals surface area (Å²) in [7, 11) is 1.53. The third-order valence-electron chi connectivity index (χ3n) is 3.58. The van der Waals surface area contributed by atoms with Gasteiger partial charge in [0.05, 0.1) is 23.6 Å². The number of methoxy groups -OCH3 is 1. The minimum atomic E-state index is -0.850. The first kappa shape index (κ1) is 18.8. The fourth-order valence-corrected chi connectivity index (χ4v) is 2.90. The summed E-state index contributed by atoms with van der Waals surface area (Å²) in [5.74, 6) is -1.22. The van der Waals surface area contributed by atoms with Crippen LogP contribution in [-0.4, -0.2) is 28.5 Å². The van der Waals surface area contributed by atoms with Gasteiger partial charge in [-0.1, -0.05) is 23.9 Å². The summed E-state index contributed by atoms with van der Waals surface area (Å²) in [6, 6.07) is 10.1. The fourth-order valence-electron chi connectivity index (χ4n) is 2.22. The van der Waals surface area contributed by atoms with E-state index in [-0.39, 0.29) is 16.8 Å². The second kappa shape index (κ2) is 8.17. The van der Waals surface area contributed by atoms with E-state index in [9.17, 15) is 13.6 Å². The minimum Gasteiger partial charge on any atom is -0.496 e. The second-order valence-corrected chi connectivity index (χ2v) is 6.74. The molecule has 1 atom stereocenters. The van der Waals surface area contributed by atoms with E-state index in [0.717, 1.165) is 23.9 Å². The standard InChI is InChI=1S/C18H15F2N3O3S/c1-10(16(24)21-14-8-7-11(19)9-13(14)20)27-18-23-22-17(26-18)12-5-3-4-6-15(12)25-2/h3-10H,1-2H3,(H,21,24). The molecule has 0 aliphatic rings. The molecule has 0 bridgehead atoms. The molecule has 3 rings (SSSR count). The van der Waals surface area contributed by atoms with E-state index < -0.39 is 22.8 Å². The van der Waals surface area contributed by atoms with E-state index in [0.29, 0.717) is 17.4 Å². The lowest BCUT2D eigenvalue weighted by Crippen LogP contribution is -2.23. The molecule has 1 aromatic heterocycles. The van der Waals surface area contributed by atoms with Gasteiger partial charge in [0, 0.05) is 6.07 Å². The Bertz CT molecular complexity index is 965. The highest BCUT2D eigenvalue weighted by atomic mass is 32.2. The normalized spacial score (nSPS) is 11.9. The van der Waals surface area contributed by atoms with Crippen molar-refractivity contribution in [2.24, 2.45) is 0 Å². The van der Waals surface area contributed by atoms with Crippen molar-refractivity contribution in [3.63, 3.8) is 0 Å². The number of carbonyl (C=O) groups is 1. The average molecular weight is 391 g/mol. The highest BCUT2D eigenvalue weighted by Gasteiger charge is 2.21. The SMILES string of the molecule is COc1ccccc1-c1nnc(SC(C)C(=O)Nc2ccc(F)cc2F)o1. The van der Waals surface area contributed by atoms with E-state index >= 15 is 0 Å². The van der Waals surface area contributed by atoms with Gasteiger partial charge in [0.25, 0.3) is 11.1 Å². The summed E-state index contributed by atoms with van der Waals surface area (Å²) < 4.78 is 37.4. The number of benzene rings is 2. The third kappa shape index (κ3) is 4.43. The fraction of sp³-hybridized carbons (Fsp3) is 0.167. The van der Waals surface area contributed by atoms with E-state index in [2.05, 4.69) is 15.5 Å². The number of ether oxygens (including phenoxy) is 1. The predicted molar refractivity (Wildman–Crippen MR) is 96.6 cm³/mol. The molecule has 6 nitrogen and oxygen atoms in total. The molecule has 0 fully saturated rings. The van der Waals surface area contributed by atoms with Crippen LogP contribution < -0.4 is 10.1 Å². The number of carbonyl (C=O) groups excluding carboxylic acids is 1. The van der Waals surface area contributed by atoms with E-state index in [1.165, 1.54) is 7.11 Å². The van der Waals surface area contributed by atoms with Crippen molar-refractivity contribution in [3.8, 4) is 17.2 Å². The molecule has 0 spiro atoms. The maximum atomic E-state index is 13.6. The van der Waals surface area contributed by atoms with Gasteiger partial charge in [0.15, 0.2) is 0 Å². The quantitative estimate of drug-likeness (QED) is 0.637. The number of hydrogen-bond acceptors (Lipinski definition) is 6. The number of nitrogens with zero attached hydrogens (tertiary/aromatic N) is 2. The van der Waals surface area contributed by atoms with Crippen molar-refractivity contribution in [2.75, 3.05) is 12.4 Å². The number of anilines is 1.